The molecular weight excluding hydrogens is 276 g/mol. The second-order valence-electron chi connectivity index (χ2n) is 5.32. The smallest absolute Gasteiger partial charge is 0.309 e. The maximum atomic E-state index is 11.4. The molecule has 0 amide bonds. The molecule has 0 aliphatic rings. The predicted molar refractivity (Wildman–Crippen MR) is 89.2 cm³/mol. The number of ether oxygens (including phenoxy) is 1. The Hall–Kier alpha value is -2.29. The van der Waals surface area contributed by atoms with Gasteiger partial charge in [0.2, 0.25) is 0 Å². The van der Waals surface area contributed by atoms with Gasteiger partial charge in [-0.1, -0.05) is 48.6 Å². The molecule has 2 aromatic rings. The van der Waals surface area contributed by atoms with E-state index in [1.807, 2.05) is 55.5 Å². The maximum absolute atomic E-state index is 11.4. The van der Waals surface area contributed by atoms with Crippen LogP contribution in [0.3, 0.4) is 0 Å². The highest BCUT2D eigenvalue weighted by Crippen LogP contribution is 2.26. The number of benzene rings is 2. The third kappa shape index (κ3) is 4.35. The van der Waals surface area contributed by atoms with Gasteiger partial charge in [-0.2, -0.15) is 0 Å². The summed E-state index contributed by atoms with van der Waals surface area (Å²) < 4.78 is 5.80. The molecule has 1 unspecified atom stereocenters. The molecule has 1 atom stereocenters. The van der Waals surface area contributed by atoms with Crippen molar-refractivity contribution in [2.75, 3.05) is 6.61 Å². The van der Waals surface area contributed by atoms with Crippen LogP contribution in [0.2, 0.25) is 0 Å². The van der Waals surface area contributed by atoms with Crippen molar-refractivity contribution in [3.05, 3.63) is 54.6 Å². The summed E-state index contributed by atoms with van der Waals surface area (Å²) in [7, 11) is 0. The molecule has 0 spiro atoms. The van der Waals surface area contributed by atoms with Crippen LogP contribution in [0.1, 0.15) is 26.2 Å². The summed E-state index contributed by atoms with van der Waals surface area (Å²) in [5.74, 6) is -0.511. The van der Waals surface area contributed by atoms with E-state index in [-0.39, 0.29) is 6.61 Å². The number of aliphatic carboxylic acids is 1. The number of carboxylic acids is 1. The zero-order chi connectivity index (χ0) is 15.8. The molecule has 0 aliphatic heterocycles. The van der Waals surface area contributed by atoms with Crippen molar-refractivity contribution in [1.82, 2.24) is 0 Å². The molecule has 3 heteroatoms. The Morgan fingerprint density at radius 2 is 2.00 bits per heavy atom. The summed E-state index contributed by atoms with van der Waals surface area (Å²) in [6, 6.07) is 13.8. The van der Waals surface area contributed by atoms with Crippen molar-refractivity contribution in [2.45, 2.75) is 26.2 Å². The summed E-state index contributed by atoms with van der Waals surface area (Å²) in [5.41, 5.74) is 0. The highest BCUT2D eigenvalue weighted by Gasteiger charge is 2.18. The third-order valence-electron chi connectivity index (χ3n) is 3.70. The SMILES string of the molecule is CC=CCCCC(COc1cccc2ccccc12)C(=O)O. The standard InChI is InChI=1S/C19H22O3/c1-2-3-4-5-10-16(19(20)21)14-22-18-13-8-11-15-9-6-7-12-17(15)18/h2-3,6-9,11-13,16H,4-5,10,14H2,1H3,(H,20,21). The van der Waals surface area contributed by atoms with Crippen LogP contribution in [0.5, 0.6) is 5.75 Å². The van der Waals surface area contributed by atoms with Gasteiger partial charge in [0.05, 0.1) is 5.92 Å². The highest BCUT2D eigenvalue weighted by atomic mass is 16.5. The van der Waals surface area contributed by atoms with E-state index < -0.39 is 11.9 Å². The minimum absolute atomic E-state index is 0.208. The van der Waals surface area contributed by atoms with E-state index >= 15 is 0 Å². The molecule has 0 heterocycles. The maximum Gasteiger partial charge on any atom is 0.309 e. The molecule has 2 aromatic carbocycles. The molecule has 0 saturated heterocycles. The molecule has 2 rings (SSSR count). The molecule has 1 N–H and O–H groups in total. The number of carbonyl (C=O) groups is 1. The lowest BCUT2D eigenvalue weighted by Crippen LogP contribution is -2.21. The number of hydrogen-bond donors (Lipinski definition) is 1. The van der Waals surface area contributed by atoms with Gasteiger partial charge in [-0.05, 0) is 37.6 Å². The van der Waals surface area contributed by atoms with Gasteiger partial charge >= 0.3 is 5.97 Å². The van der Waals surface area contributed by atoms with Crippen LogP contribution in [0.4, 0.5) is 0 Å². The lowest BCUT2D eigenvalue weighted by Gasteiger charge is -2.14. The van der Waals surface area contributed by atoms with Crippen molar-refractivity contribution in [2.24, 2.45) is 5.92 Å². The van der Waals surface area contributed by atoms with E-state index in [9.17, 15) is 9.90 Å². The number of unbranched alkanes of at least 4 members (excludes halogenated alkanes) is 1. The summed E-state index contributed by atoms with van der Waals surface area (Å²) in [6.45, 7) is 2.18. The normalized spacial score (nSPS) is 12.6. The van der Waals surface area contributed by atoms with Gasteiger partial charge < -0.3 is 9.84 Å². The summed E-state index contributed by atoms with van der Waals surface area (Å²) in [4.78, 5) is 11.4. The molecule has 0 aliphatic carbocycles. The Labute approximate surface area is 131 Å². The average molecular weight is 298 g/mol. The van der Waals surface area contributed by atoms with E-state index in [0.717, 1.165) is 29.4 Å². The number of rotatable bonds is 8. The minimum atomic E-state index is -0.791. The van der Waals surface area contributed by atoms with Crippen LogP contribution in [0.25, 0.3) is 10.8 Å². The van der Waals surface area contributed by atoms with Crippen LogP contribution in [0, 0.1) is 5.92 Å². The second-order valence-corrected chi connectivity index (χ2v) is 5.32. The summed E-state index contributed by atoms with van der Waals surface area (Å²) in [5, 5.41) is 11.4. The van der Waals surface area contributed by atoms with Crippen LogP contribution in [-0.2, 0) is 4.79 Å². The van der Waals surface area contributed by atoms with Crippen molar-refractivity contribution in [3.8, 4) is 5.75 Å². The highest BCUT2D eigenvalue weighted by molar-refractivity contribution is 5.88. The van der Waals surface area contributed by atoms with Crippen molar-refractivity contribution in [3.63, 3.8) is 0 Å². The zero-order valence-electron chi connectivity index (χ0n) is 12.9. The lowest BCUT2D eigenvalue weighted by atomic mass is 10.0. The predicted octanol–water partition coefficient (Wildman–Crippen LogP) is 4.67. The lowest BCUT2D eigenvalue weighted by molar-refractivity contribution is -0.143. The van der Waals surface area contributed by atoms with Gasteiger partial charge in [0.25, 0.3) is 0 Å². The van der Waals surface area contributed by atoms with Crippen molar-refractivity contribution in [1.29, 1.82) is 0 Å². The van der Waals surface area contributed by atoms with E-state index in [1.54, 1.807) is 0 Å². The first-order chi connectivity index (χ1) is 10.7. The Balaban J connectivity index is 2.00. The molecule has 0 saturated carbocycles. The van der Waals surface area contributed by atoms with Gasteiger partial charge in [-0.3, -0.25) is 4.79 Å². The fourth-order valence-electron chi connectivity index (χ4n) is 2.44. The summed E-state index contributed by atoms with van der Waals surface area (Å²) >= 11 is 0. The first-order valence-electron chi connectivity index (χ1n) is 7.67. The Kier molecular flexibility index (Phi) is 6.01. The first kappa shape index (κ1) is 16.1. The molecule has 3 nitrogen and oxygen atoms in total. The minimum Gasteiger partial charge on any atom is -0.492 e. The number of hydrogen-bond acceptors (Lipinski definition) is 2. The van der Waals surface area contributed by atoms with Crippen LogP contribution in [-0.4, -0.2) is 17.7 Å². The Morgan fingerprint density at radius 1 is 1.23 bits per heavy atom. The molecule has 0 radical (unpaired) electrons. The van der Waals surface area contributed by atoms with Crippen LogP contribution in [0.15, 0.2) is 54.6 Å². The van der Waals surface area contributed by atoms with Gasteiger partial charge in [0, 0.05) is 5.39 Å². The average Bonchev–Trinajstić information content (AvgIpc) is 2.54. The second kappa shape index (κ2) is 8.23. The molecule has 22 heavy (non-hydrogen) atoms. The van der Waals surface area contributed by atoms with E-state index in [2.05, 4.69) is 6.08 Å². The Morgan fingerprint density at radius 3 is 2.77 bits per heavy atom. The number of fused-ring (bicyclic) bond motifs is 1. The first-order valence-corrected chi connectivity index (χ1v) is 7.67. The van der Waals surface area contributed by atoms with E-state index in [4.69, 9.17) is 4.74 Å². The Bertz CT molecular complexity index is 641. The third-order valence-corrected chi connectivity index (χ3v) is 3.70. The molecule has 0 bridgehead atoms. The molecule has 116 valence electrons. The number of allylic oxidation sites excluding steroid dienone is 2. The van der Waals surface area contributed by atoms with Gasteiger partial charge in [0.15, 0.2) is 0 Å². The van der Waals surface area contributed by atoms with Gasteiger partial charge in [-0.15, -0.1) is 0 Å². The van der Waals surface area contributed by atoms with E-state index in [0.29, 0.717) is 6.42 Å². The van der Waals surface area contributed by atoms with Crippen LogP contribution < -0.4 is 4.74 Å². The quantitative estimate of drug-likeness (QED) is 0.569. The van der Waals surface area contributed by atoms with Gasteiger partial charge in [0.1, 0.15) is 12.4 Å². The fraction of sp³-hybridized carbons (Fsp3) is 0.316. The van der Waals surface area contributed by atoms with Crippen LogP contribution >= 0.6 is 0 Å². The summed E-state index contributed by atoms with van der Waals surface area (Å²) in [6.07, 6.45) is 6.45. The molecular formula is C19H22O3. The topological polar surface area (TPSA) is 46.5 Å². The van der Waals surface area contributed by atoms with Gasteiger partial charge in [-0.25, -0.2) is 0 Å². The monoisotopic (exact) mass is 298 g/mol. The molecule has 0 aromatic heterocycles. The van der Waals surface area contributed by atoms with E-state index in [1.165, 1.54) is 0 Å². The number of carboxylic acid groups (broad SMARTS) is 1. The molecule has 0 fully saturated rings. The largest absolute Gasteiger partial charge is 0.492 e. The fourth-order valence-corrected chi connectivity index (χ4v) is 2.44. The van der Waals surface area contributed by atoms with Crippen molar-refractivity contribution >= 4 is 16.7 Å². The zero-order valence-corrected chi connectivity index (χ0v) is 12.9. The van der Waals surface area contributed by atoms with Crippen molar-refractivity contribution < 1.29 is 14.6 Å².